The van der Waals surface area contributed by atoms with Crippen LogP contribution in [0.5, 0.6) is 0 Å². The van der Waals surface area contributed by atoms with Crippen molar-refractivity contribution in [2.24, 2.45) is 0 Å². The van der Waals surface area contributed by atoms with Gasteiger partial charge in [0.25, 0.3) is 0 Å². The molecule has 0 fully saturated rings. The summed E-state index contributed by atoms with van der Waals surface area (Å²) in [4.78, 5) is 3.77. The van der Waals surface area contributed by atoms with Gasteiger partial charge in [0.1, 0.15) is 5.82 Å². The number of nitrogens with zero attached hydrogens (tertiary/aromatic N) is 3. The highest BCUT2D eigenvalue weighted by atomic mass is 19.1. The molecule has 4 nitrogen and oxygen atoms in total. The minimum atomic E-state index is -0.822. The highest BCUT2D eigenvalue weighted by Crippen LogP contribution is 2.24. The number of fused-ring (bicyclic) bond motifs is 1. The first-order valence-electron chi connectivity index (χ1n) is 6.92. The van der Waals surface area contributed by atoms with E-state index in [1.807, 2.05) is 35.9 Å². The van der Waals surface area contributed by atoms with Crippen LogP contribution in [0, 0.1) is 5.82 Å². The Kier molecular flexibility index (Phi) is 3.66. The second-order valence-electron chi connectivity index (χ2n) is 4.94. The summed E-state index contributed by atoms with van der Waals surface area (Å²) in [5.41, 5.74) is 2.31. The molecule has 2 heterocycles. The monoisotopic (exact) mass is 285 g/mol. The molecule has 0 spiro atoms. The van der Waals surface area contributed by atoms with Crippen molar-refractivity contribution in [2.45, 2.75) is 26.0 Å². The highest BCUT2D eigenvalue weighted by molar-refractivity contribution is 5.82. The lowest BCUT2D eigenvalue weighted by molar-refractivity contribution is 0.176. The smallest absolute Gasteiger partial charge is 0.141 e. The molecule has 0 aliphatic carbocycles. The number of rotatable bonds is 4. The molecule has 0 bridgehead atoms. The van der Waals surface area contributed by atoms with Crippen LogP contribution >= 0.6 is 0 Å². The second-order valence-corrected chi connectivity index (χ2v) is 4.94. The molecule has 0 saturated carbocycles. The van der Waals surface area contributed by atoms with Gasteiger partial charge in [0, 0.05) is 30.1 Å². The van der Waals surface area contributed by atoms with Crippen molar-refractivity contribution in [1.82, 2.24) is 14.8 Å². The van der Waals surface area contributed by atoms with Crippen molar-refractivity contribution in [3.05, 3.63) is 59.8 Å². The van der Waals surface area contributed by atoms with Crippen LogP contribution in [0.1, 0.15) is 24.3 Å². The maximum atomic E-state index is 13.2. The largest absolute Gasteiger partial charge is 0.388 e. The van der Waals surface area contributed by atoms with Crippen LogP contribution in [-0.4, -0.2) is 19.9 Å². The molecule has 0 radical (unpaired) electrons. The third-order valence-corrected chi connectivity index (χ3v) is 3.53. The molecule has 2 aromatic heterocycles. The predicted molar refractivity (Wildman–Crippen MR) is 78.3 cm³/mol. The number of pyridine rings is 1. The van der Waals surface area contributed by atoms with Crippen LogP contribution in [0.4, 0.5) is 4.39 Å². The zero-order valence-electron chi connectivity index (χ0n) is 11.7. The number of aromatic nitrogens is 3. The number of hydrogen-bond donors (Lipinski definition) is 1. The number of para-hydroxylation sites is 1. The molecule has 5 heteroatoms. The fourth-order valence-electron chi connectivity index (χ4n) is 2.50. The van der Waals surface area contributed by atoms with E-state index >= 15 is 0 Å². The SMILES string of the molecule is CCn1nc(CC(O)c2cncc(F)c2)c2ccccc21. The first-order valence-corrected chi connectivity index (χ1v) is 6.92. The van der Waals surface area contributed by atoms with E-state index in [0.717, 1.165) is 29.3 Å². The molecule has 21 heavy (non-hydrogen) atoms. The van der Waals surface area contributed by atoms with E-state index in [9.17, 15) is 9.50 Å². The average Bonchev–Trinajstić information content (AvgIpc) is 2.85. The van der Waals surface area contributed by atoms with Crippen molar-refractivity contribution in [2.75, 3.05) is 0 Å². The molecule has 0 saturated heterocycles. The van der Waals surface area contributed by atoms with Crippen molar-refractivity contribution >= 4 is 10.9 Å². The fourth-order valence-corrected chi connectivity index (χ4v) is 2.50. The quantitative estimate of drug-likeness (QED) is 0.802. The molecule has 0 amide bonds. The van der Waals surface area contributed by atoms with Crippen molar-refractivity contribution in [3.8, 4) is 0 Å². The van der Waals surface area contributed by atoms with Gasteiger partial charge in [-0.15, -0.1) is 0 Å². The van der Waals surface area contributed by atoms with Gasteiger partial charge in [0.2, 0.25) is 0 Å². The lowest BCUT2D eigenvalue weighted by Gasteiger charge is -2.09. The molecule has 3 rings (SSSR count). The first-order chi connectivity index (χ1) is 10.2. The first kappa shape index (κ1) is 13.7. The van der Waals surface area contributed by atoms with Crippen LogP contribution in [0.15, 0.2) is 42.7 Å². The molecule has 0 aliphatic rings. The van der Waals surface area contributed by atoms with Gasteiger partial charge in [-0.3, -0.25) is 9.67 Å². The Morgan fingerprint density at radius 2 is 2.10 bits per heavy atom. The van der Waals surface area contributed by atoms with Gasteiger partial charge in [-0.1, -0.05) is 18.2 Å². The van der Waals surface area contributed by atoms with Crippen molar-refractivity contribution < 1.29 is 9.50 Å². The van der Waals surface area contributed by atoms with Crippen LogP contribution < -0.4 is 0 Å². The van der Waals surface area contributed by atoms with Crippen LogP contribution in [-0.2, 0) is 13.0 Å². The summed E-state index contributed by atoms with van der Waals surface area (Å²) < 4.78 is 15.1. The predicted octanol–water partition coefficient (Wildman–Crippen LogP) is 2.87. The molecule has 1 aromatic carbocycles. The Morgan fingerprint density at radius 1 is 1.29 bits per heavy atom. The lowest BCUT2D eigenvalue weighted by Crippen LogP contribution is -2.05. The Balaban J connectivity index is 1.94. The summed E-state index contributed by atoms with van der Waals surface area (Å²) in [6.07, 6.45) is 2.11. The Hall–Kier alpha value is -2.27. The normalized spacial score (nSPS) is 12.7. The van der Waals surface area contributed by atoms with E-state index in [1.165, 1.54) is 12.3 Å². The zero-order chi connectivity index (χ0) is 14.8. The Morgan fingerprint density at radius 3 is 2.86 bits per heavy atom. The van der Waals surface area contributed by atoms with Crippen molar-refractivity contribution in [3.63, 3.8) is 0 Å². The van der Waals surface area contributed by atoms with Gasteiger partial charge < -0.3 is 5.11 Å². The maximum Gasteiger partial charge on any atom is 0.141 e. The summed E-state index contributed by atoms with van der Waals surface area (Å²) in [7, 11) is 0. The number of aryl methyl sites for hydroxylation is 1. The van der Waals surface area contributed by atoms with Crippen molar-refractivity contribution in [1.29, 1.82) is 0 Å². The van der Waals surface area contributed by atoms with Gasteiger partial charge >= 0.3 is 0 Å². The molecule has 1 unspecified atom stereocenters. The van der Waals surface area contributed by atoms with E-state index in [-0.39, 0.29) is 0 Å². The fraction of sp³-hybridized carbons (Fsp3) is 0.250. The second kappa shape index (κ2) is 5.61. The standard InChI is InChI=1S/C16H16FN3O/c1-2-20-15-6-4-3-5-13(15)14(19-20)8-16(21)11-7-12(17)10-18-9-11/h3-7,9-10,16,21H,2,8H2,1H3. The van der Waals surface area contributed by atoms with Crippen LogP contribution in [0.3, 0.4) is 0 Å². The highest BCUT2D eigenvalue weighted by Gasteiger charge is 2.15. The van der Waals surface area contributed by atoms with Crippen LogP contribution in [0.2, 0.25) is 0 Å². The Bertz CT molecular complexity index is 769. The zero-order valence-corrected chi connectivity index (χ0v) is 11.7. The van der Waals surface area contributed by atoms with Gasteiger partial charge in [-0.05, 0) is 19.1 Å². The van der Waals surface area contributed by atoms with Gasteiger partial charge in [0.05, 0.1) is 23.5 Å². The molecule has 1 atom stereocenters. The van der Waals surface area contributed by atoms with E-state index < -0.39 is 11.9 Å². The maximum absolute atomic E-state index is 13.2. The number of hydrogen-bond acceptors (Lipinski definition) is 3. The van der Waals surface area contributed by atoms with Gasteiger partial charge in [-0.25, -0.2) is 4.39 Å². The van der Waals surface area contributed by atoms with Crippen LogP contribution in [0.25, 0.3) is 10.9 Å². The molecule has 3 aromatic rings. The summed E-state index contributed by atoms with van der Waals surface area (Å²) >= 11 is 0. The molecule has 0 aliphatic heterocycles. The average molecular weight is 285 g/mol. The van der Waals surface area contributed by atoms with Gasteiger partial charge in [-0.2, -0.15) is 5.10 Å². The Labute approximate surface area is 121 Å². The minimum Gasteiger partial charge on any atom is -0.388 e. The third kappa shape index (κ3) is 2.64. The lowest BCUT2D eigenvalue weighted by atomic mass is 10.0. The van der Waals surface area contributed by atoms with E-state index in [0.29, 0.717) is 12.0 Å². The molecular weight excluding hydrogens is 269 g/mol. The summed E-state index contributed by atoms with van der Waals surface area (Å²) in [6, 6.07) is 9.21. The summed E-state index contributed by atoms with van der Waals surface area (Å²) in [5.74, 6) is -0.449. The number of aliphatic hydroxyl groups excluding tert-OH is 1. The number of benzene rings is 1. The summed E-state index contributed by atoms with van der Waals surface area (Å²) in [5, 5.41) is 15.8. The third-order valence-electron chi connectivity index (χ3n) is 3.53. The van der Waals surface area contributed by atoms with Gasteiger partial charge in [0.15, 0.2) is 0 Å². The summed E-state index contributed by atoms with van der Waals surface area (Å²) in [6.45, 7) is 2.79. The molecule has 1 N–H and O–H groups in total. The van der Waals surface area contributed by atoms with E-state index in [4.69, 9.17) is 0 Å². The number of aliphatic hydroxyl groups is 1. The minimum absolute atomic E-state index is 0.332. The molecular formula is C16H16FN3O. The topological polar surface area (TPSA) is 50.9 Å². The molecule has 108 valence electrons. The van der Waals surface area contributed by atoms with E-state index in [2.05, 4.69) is 10.1 Å². The number of halogens is 1. The van der Waals surface area contributed by atoms with E-state index in [1.54, 1.807) is 0 Å².